The number of ether oxygens (including phenoxy) is 4. The summed E-state index contributed by atoms with van der Waals surface area (Å²) in [6, 6.07) is 4.23. The number of carboxylic acid groups (broad SMARTS) is 3. The standard InChI is InChI=1S/C34H34N2O16/c1-49-24-10-15(2-4-22(24)37)3-5-27(39)50-14-26-28(40)29(41)30(42)34(52-26)51-25-13-20-17(12-23(25)38)11-21(33(47)48)36(20)7-6-16-8-18(31(43)44)35-19(9-16)32(45)46/h2-8,10,12-13,19,21,26,28-30,34,37-38,40-42H,9,11,14H2,1H3,(H,43,44)(H,45,46)(H,47,48)/b5-3+,7-6+/t19-,21-,26+,28+,29-,30+,34+/m0/s1. The van der Waals surface area contributed by atoms with Crippen LogP contribution in [0.5, 0.6) is 23.0 Å². The molecule has 276 valence electrons. The van der Waals surface area contributed by atoms with Crippen LogP contribution < -0.4 is 14.4 Å². The fourth-order valence-corrected chi connectivity index (χ4v) is 5.68. The van der Waals surface area contributed by atoms with Crippen molar-refractivity contribution < 1.29 is 79.0 Å². The molecule has 18 heteroatoms. The predicted molar refractivity (Wildman–Crippen MR) is 176 cm³/mol. The van der Waals surface area contributed by atoms with Gasteiger partial charge in [0.2, 0.25) is 6.29 Å². The molecule has 52 heavy (non-hydrogen) atoms. The van der Waals surface area contributed by atoms with Crippen molar-refractivity contribution in [1.82, 2.24) is 0 Å². The molecular formula is C34H34N2O16. The second-order valence-corrected chi connectivity index (χ2v) is 11.9. The SMILES string of the molecule is COc1cc(/C=C/C(=O)OC[C@H]2O[C@@H](Oc3cc4c(cc3O)C[C@@H](C(=O)O)N4/C=C/C3=CC(C(=O)O)=N[C@H](C(=O)O)C3)[C@H](O)[C@@H](O)[C@@H]2O)ccc1O. The fraction of sp³-hybridized carbons (Fsp3) is 0.324. The van der Waals surface area contributed by atoms with E-state index in [1.54, 1.807) is 0 Å². The maximum Gasteiger partial charge on any atom is 0.354 e. The molecule has 0 amide bonds. The Hall–Kier alpha value is -5.95. The van der Waals surface area contributed by atoms with Gasteiger partial charge in [-0.15, -0.1) is 0 Å². The van der Waals surface area contributed by atoms with Gasteiger partial charge in [0.05, 0.1) is 7.11 Å². The number of carbonyl (C=O) groups is 4. The Morgan fingerprint density at radius 3 is 2.35 bits per heavy atom. The molecule has 2 aromatic carbocycles. The summed E-state index contributed by atoms with van der Waals surface area (Å²) in [5.74, 6) is -5.67. The van der Waals surface area contributed by atoms with Crippen molar-refractivity contribution in [3.63, 3.8) is 0 Å². The van der Waals surface area contributed by atoms with E-state index in [2.05, 4.69) is 4.99 Å². The highest BCUT2D eigenvalue weighted by molar-refractivity contribution is 6.41. The maximum absolute atomic E-state index is 12.4. The van der Waals surface area contributed by atoms with Crippen molar-refractivity contribution >= 4 is 41.4 Å². The number of carboxylic acids is 3. The van der Waals surface area contributed by atoms with E-state index in [0.717, 1.165) is 12.2 Å². The topological polar surface area (TPSA) is 283 Å². The predicted octanol–water partition coefficient (Wildman–Crippen LogP) is 0.188. The van der Waals surface area contributed by atoms with Crippen molar-refractivity contribution in [3.8, 4) is 23.0 Å². The minimum Gasteiger partial charge on any atom is -0.504 e. The molecule has 1 saturated heterocycles. The molecule has 1 fully saturated rings. The maximum atomic E-state index is 12.4. The van der Waals surface area contributed by atoms with E-state index in [9.17, 15) is 60.0 Å². The van der Waals surface area contributed by atoms with E-state index in [-0.39, 0.29) is 41.4 Å². The number of aliphatic hydroxyl groups excluding tert-OH is 3. The Morgan fingerprint density at radius 1 is 0.923 bits per heavy atom. The Kier molecular flexibility index (Phi) is 11.1. The molecule has 0 aliphatic carbocycles. The molecule has 0 bridgehead atoms. The van der Waals surface area contributed by atoms with Gasteiger partial charge in [-0.05, 0) is 53.1 Å². The summed E-state index contributed by atoms with van der Waals surface area (Å²) in [7, 11) is 1.36. The lowest BCUT2D eigenvalue weighted by Gasteiger charge is -2.40. The number of aromatic hydroxyl groups is 2. The van der Waals surface area contributed by atoms with Crippen LogP contribution in [0.3, 0.4) is 0 Å². The molecule has 3 aliphatic heterocycles. The number of nitrogens with zero attached hydrogens (tertiary/aromatic N) is 2. The lowest BCUT2D eigenvalue weighted by Crippen LogP contribution is -2.60. The number of phenols is 2. The number of aliphatic hydroxyl groups is 3. The van der Waals surface area contributed by atoms with Gasteiger partial charge >= 0.3 is 23.9 Å². The number of fused-ring (bicyclic) bond motifs is 1. The first-order chi connectivity index (χ1) is 24.7. The summed E-state index contributed by atoms with van der Waals surface area (Å²) in [6.07, 6.45) is -2.62. The lowest BCUT2D eigenvalue weighted by molar-refractivity contribution is -0.278. The Labute approximate surface area is 294 Å². The highest BCUT2D eigenvalue weighted by Gasteiger charge is 2.46. The molecule has 0 radical (unpaired) electrons. The Bertz CT molecular complexity index is 1870. The highest BCUT2D eigenvalue weighted by atomic mass is 16.7. The molecule has 18 nitrogen and oxygen atoms in total. The molecule has 2 aromatic rings. The van der Waals surface area contributed by atoms with Crippen molar-refractivity contribution in [2.24, 2.45) is 4.99 Å². The summed E-state index contributed by atoms with van der Waals surface area (Å²) >= 11 is 0. The van der Waals surface area contributed by atoms with Crippen LogP contribution in [0.4, 0.5) is 5.69 Å². The summed E-state index contributed by atoms with van der Waals surface area (Å²) in [6.45, 7) is -0.602. The lowest BCUT2D eigenvalue weighted by atomic mass is 9.99. The van der Waals surface area contributed by atoms with Crippen LogP contribution in [0.15, 0.2) is 65.3 Å². The van der Waals surface area contributed by atoms with Crippen molar-refractivity contribution in [3.05, 3.63) is 71.5 Å². The Balaban J connectivity index is 1.32. The molecule has 8 N–H and O–H groups in total. The number of dihydropyridines is 1. The van der Waals surface area contributed by atoms with Crippen molar-refractivity contribution in [2.75, 3.05) is 18.6 Å². The van der Waals surface area contributed by atoms with Gasteiger partial charge in [-0.2, -0.15) is 0 Å². The van der Waals surface area contributed by atoms with E-state index in [0.29, 0.717) is 11.1 Å². The second-order valence-electron chi connectivity index (χ2n) is 11.9. The number of esters is 1. The zero-order valence-electron chi connectivity index (χ0n) is 27.2. The number of aliphatic carboxylic acids is 3. The van der Waals surface area contributed by atoms with Crippen LogP contribution in [-0.4, -0.2) is 127 Å². The van der Waals surface area contributed by atoms with Gasteiger partial charge in [0, 0.05) is 36.9 Å². The summed E-state index contributed by atoms with van der Waals surface area (Å²) < 4.78 is 21.5. The quantitative estimate of drug-likeness (QED) is 0.107. The average Bonchev–Trinajstić information content (AvgIpc) is 3.47. The minimum absolute atomic E-state index is 0.0862. The first-order valence-corrected chi connectivity index (χ1v) is 15.5. The van der Waals surface area contributed by atoms with E-state index >= 15 is 0 Å². The highest BCUT2D eigenvalue weighted by Crippen LogP contribution is 2.42. The molecule has 5 rings (SSSR count). The van der Waals surface area contributed by atoms with Crippen LogP contribution in [0.25, 0.3) is 6.08 Å². The molecule has 0 unspecified atom stereocenters. The van der Waals surface area contributed by atoms with Gasteiger partial charge in [-0.3, -0.25) is 4.99 Å². The molecule has 3 aliphatic rings. The first kappa shape index (κ1) is 37.3. The first-order valence-electron chi connectivity index (χ1n) is 15.5. The number of phenolic OH excluding ortho intramolecular Hbond substituents is 2. The molecular weight excluding hydrogens is 692 g/mol. The number of hydrogen-bond donors (Lipinski definition) is 8. The third-order valence-corrected chi connectivity index (χ3v) is 8.39. The third-order valence-electron chi connectivity index (χ3n) is 8.39. The normalized spacial score (nSPS) is 25.7. The summed E-state index contributed by atoms with van der Waals surface area (Å²) in [5.41, 5.74) is 0.810. The van der Waals surface area contributed by atoms with E-state index in [4.69, 9.17) is 18.9 Å². The van der Waals surface area contributed by atoms with Crippen molar-refractivity contribution in [2.45, 2.75) is 55.6 Å². The van der Waals surface area contributed by atoms with Gasteiger partial charge in [-0.25, -0.2) is 19.2 Å². The van der Waals surface area contributed by atoms with E-state index in [1.165, 1.54) is 60.7 Å². The minimum atomic E-state index is -1.87. The van der Waals surface area contributed by atoms with Crippen LogP contribution in [0.2, 0.25) is 0 Å². The number of rotatable bonds is 12. The zero-order chi connectivity index (χ0) is 37.9. The van der Waals surface area contributed by atoms with Gasteiger partial charge in [0.15, 0.2) is 29.0 Å². The van der Waals surface area contributed by atoms with Gasteiger partial charge in [0.25, 0.3) is 0 Å². The zero-order valence-corrected chi connectivity index (χ0v) is 27.2. The van der Waals surface area contributed by atoms with Crippen LogP contribution in [0.1, 0.15) is 17.5 Å². The number of allylic oxidation sites excluding steroid dienone is 1. The molecule has 0 aromatic heterocycles. The molecule has 7 atom stereocenters. The van der Waals surface area contributed by atoms with E-state index in [1.807, 2.05) is 0 Å². The number of benzene rings is 2. The number of anilines is 1. The van der Waals surface area contributed by atoms with Gasteiger partial charge in [-0.1, -0.05) is 6.07 Å². The summed E-state index contributed by atoms with van der Waals surface area (Å²) in [5, 5.41) is 80.9. The van der Waals surface area contributed by atoms with Crippen molar-refractivity contribution in [1.29, 1.82) is 0 Å². The smallest absolute Gasteiger partial charge is 0.354 e. The van der Waals surface area contributed by atoms with Gasteiger partial charge < -0.3 is 64.7 Å². The largest absolute Gasteiger partial charge is 0.504 e. The number of hydrogen-bond acceptors (Lipinski definition) is 15. The number of methoxy groups -OCH3 is 1. The summed E-state index contributed by atoms with van der Waals surface area (Å²) in [4.78, 5) is 52.6. The average molecular weight is 727 g/mol. The number of carbonyl (C=O) groups excluding carboxylic acids is 1. The van der Waals surface area contributed by atoms with Gasteiger partial charge in [0.1, 0.15) is 42.8 Å². The molecule has 0 saturated carbocycles. The number of aliphatic imine (C=N–C) groups is 1. The van der Waals surface area contributed by atoms with Crippen LogP contribution in [-0.2, 0) is 35.1 Å². The van der Waals surface area contributed by atoms with Crippen LogP contribution in [0, 0.1) is 0 Å². The monoisotopic (exact) mass is 726 g/mol. The fourth-order valence-electron chi connectivity index (χ4n) is 5.68. The third kappa shape index (κ3) is 8.16. The Morgan fingerprint density at radius 2 is 1.67 bits per heavy atom. The second kappa shape index (κ2) is 15.5. The molecule has 0 spiro atoms. The van der Waals surface area contributed by atoms with Crippen LogP contribution >= 0.6 is 0 Å². The molecule has 3 heterocycles. The van der Waals surface area contributed by atoms with E-state index < -0.39 is 84.7 Å².